The topological polar surface area (TPSA) is 85.9 Å². The third kappa shape index (κ3) is 5.72. The van der Waals surface area contributed by atoms with Gasteiger partial charge in [0.2, 0.25) is 11.9 Å². The second-order valence-electron chi connectivity index (χ2n) is 11.3. The lowest BCUT2D eigenvalue weighted by atomic mass is 9.69. The number of rotatable bonds is 9. The van der Waals surface area contributed by atoms with Gasteiger partial charge in [-0.05, 0) is 45.6 Å². The summed E-state index contributed by atoms with van der Waals surface area (Å²) in [4.78, 5) is 27.7. The van der Waals surface area contributed by atoms with E-state index >= 15 is 0 Å². The number of fused-ring (bicyclic) bond motifs is 4. The molecule has 12 heteroatoms. The molecule has 4 saturated heterocycles. The summed E-state index contributed by atoms with van der Waals surface area (Å²) >= 11 is 0. The van der Waals surface area contributed by atoms with Crippen LogP contribution in [-0.4, -0.2) is 108 Å². The van der Waals surface area contributed by atoms with E-state index in [1.165, 1.54) is 0 Å². The lowest BCUT2D eigenvalue weighted by Gasteiger charge is -2.56. The molecule has 0 spiro atoms. The van der Waals surface area contributed by atoms with Crippen molar-refractivity contribution >= 4 is 17.7 Å². The van der Waals surface area contributed by atoms with Crippen molar-refractivity contribution < 1.29 is 22.7 Å². The molecule has 9 nitrogen and oxygen atoms in total. The predicted octanol–water partition coefficient (Wildman–Crippen LogP) is 2.91. The average molecular weight is 540 g/mol. The number of nitrogens with one attached hydrogen (secondary N) is 2. The number of halogens is 3. The van der Waals surface area contributed by atoms with E-state index in [-0.39, 0.29) is 47.8 Å². The number of carbonyl (C=O) groups is 1. The zero-order chi connectivity index (χ0) is 26.9. The summed E-state index contributed by atoms with van der Waals surface area (Å²) in [6.45, 7) is 8.15. The minimum absolute atomic E-state index is 0.0606. The molecule has 5 heterocycles. The molecule has 1 saturated carbocycles. The molecule has 1 aliphatic carbocycles. The maximum absolute atomic E-state index is 13.7. The van der Waals surface area contributed by atoms with Crippen molar-refractivity contribution in [2.45, 2.75) is 69.2 Å². The van der Waals surface area contributed by atoms with Crippen LogP contribution >= 0.6 is 0 Å². The number of piperazine rings is 1. The third-order valence-electron chi connectivity index (χ3n) is 8.93. The minimum Gasteiger partial charge on any atom is -0.378 e. The monoisotopic (exact) mass is 539 g/mol. The number of likely N-dealkylation sites (N-methyl/N-ethyl adjacent to an activating group) is 1. The molecular weight excluding hydrogens is 499 g/mol. The maximum Gasteiger partial charge on any atom is 0.421 e. The molecule has 2 bridgehead atoms. The van der Waals surface area contributed by atoms with Gasteiger partial charge < -0.3 is 25.2 Å². The number of piperidine rings is 1. The molecule has 5 aliphatic rings. The lowest BCUT2D eigenvalue weighted by molar-refractivity contribution is -0.140. The van der Waals surface area contributed by atoms with Gasteiger partial charge in [-0.15, -0.1) is 0 Å². The highest BCUT2D eigenvalue weighted by molar-refractivity contribution is 5.80. The number of amides is 1. The zero-order valence-corrected chi connectivity index (χ0v) is 22.4. The summed E-state index contributed by atoms with van der Waals surface area (Å²) in [7, 11) is 2.14. The number of hydrogen-bond acceptors (Lipinski definition) is 8. The van der Waals surface area contributed by atoms with Gasteiger partial charge in [-0.1, -0.05) is 6.92 Å². The summed E-state index contributed by atoms with van der Waals surface area (Å²) in [5.41, 5.74) is -0.739. The van der Waals surface area contributed by atoms with Gasteiger partial charge in [-0.2, -0.15) is 18.2 Å². The molecule has 4 aliphatic heterocycles. The molecule has 2 unspecified atom stereocenters. The molecule has 6 rings (SSSR count). The van der Waals surface area contributed by atoms with Gasteiger partial charge in [0.1, 0.15) is 11.4 Å². The molecule has 0 radical (unpaired) electrons. The van der Waals surface area contributed by atoms with Crippen molar-refractivity contribution in [3.8, 4) is 0 Å². The fourth-order valence-electron chi connectivity index (χ4n) is 6.50. The Kier molecular flexibility index (Phi) is 8.02. The second-order valence-corrected chi connectivity index (χ2v) is 11.3. The maximum atomic E-state index is 13.7. The molecule has 5 fully saturated rings. The fraction of sp³-hybridized carbons (Fsp3) is 0.808. The van der Waals surface area contributed by atoms with E-state index in [0.717, 1.165) is 64.5 Å². The Bertz CT molecular complexity index is 976. The van der Waals surface area contributed by atoms with E-state index < -0.39 is 11.7 Å². The van der Waals surface area contributed by atoms with Crippen LogP contribution in [0.2, 0.25) is 0 Å². The Morgan fingerprint density at radius 2 is 1.92 bits per heavy atom. The van der Waals surface area contributed by atoms with Crippen LogP contribution < -0.4 is 10.6 Å². The molecule has 212 valence electrons. The summed E-state index contributed by atoms with van der Waals surface area (Å²) < 4.78 is 46.6. The standard InChI is InChI=1S/C26H40F3N7O2/c1-3-25(35-11-9-34(2)10-12-35)13-19(14-25)32-24-31-15-21(26(27,28)29)22(33-24)30-7-4-8-36-20-6-5-18(23(36)37)16-38-17-20/h15,18-20H,3-14,16-17H2,1-2H3,(H2,30,31,32,33). The summed E-state index contributed by atoms with van der Waals surface area (Å²) in [6, 6.07) is 0.191. The van der Waals surface area contributed by atoms with Crippen LogP contribution in [0.25, 0.3) is 0 Å². The molecule has 38 heavy (non-hydrogen) atoms. The van der Waals surface area contributed by atoms with Crippen molar-refractivity contribution in [1.82, 2.24) is 24.7 Å². The number of nitrogens with zero attached hydrogens (tertiary/aromatic N) is 5. The van der Waals surface area contributed by atoms with Crippen LogP contribution in [0.3, 0.4) is 0 Å². The van der Waals surface area contributed by atoms with E-state index in [0.29, 0.717) is 26.2 Å². The largest absolute Gasteiger partial charge is 0.421 e. The predicted molar refractivity (Wildman–Crippen MR) is 138 cm³/mol. The average Bonchev–Trinajstić information content (AvgIpc) is 3.19. The van der Waals surface area contributed by atoms with Crippen LogP contribution in [0.5, 0.6) is 0 Å². The molecule has 1 aromatic rings. The van der Waals surface area contributed by atoms with E-state index in [9.17, 15) is 18.0 Å². The van der Waals surface area contributed by atoms with Gasteiger partial charge in [-0.25, -0.2) is 4.98 Å². The molecule has 1 aromatic heterocycles. The summed E-state index contributed by atoms with van der Waals surface area (Å²) in [6.07, 6.45) is 1.48. The van der Waals surface area contributed by atoms with Crippen LogP contribution in [0, 0.1) is 5.92 Å². The van der Waals surface area contributed by atoms with Crippen LogP contribution in [0.4, 0.5) is 24.9 Å². The molecular formula is C26H40F3N7O2. The van der Waals surface area contributed by atoms with Gasteiger partial charge in [-0.3, -0.25) is 9.69 Å². The van der Waals surface area contributed by atoms with Gasteiger partial charge in [0.05, 0.1) is 25.2 Å². The van der Waals surface area contributed by atoms with Gasteiger partial charge in [0.25, 0.3) is 0 Å². The Morgan fingerprint density at radius 1 is 1.16 bits per heavy atom. The number of carbonyl (C=O) groups excluding carboxylic acids is 1. The van der Waals surface area contributed by atoms with Crippen molar-refractivity contribution in [2.24, 2.45) is 5.92 Å². The van der Waals surface area contributed by atoms with Crippen molar-refractivity contribution in [3.63, 3.8) is 0 Å². The number of ether oxygens (including phenoxy) is 1. The van der Waals surface area contributed by atoms with Crippen molar-refractivity contribution in [2.75, 3.05) is 70.2 Å². The first-order chi connectivity index (χ1) is 18.2. The van der Waals surface area contributed by atoms with E-state index in [4.69, 9.17) is 4.74 Å². The highest BCUT2D eigenvalue weighted by Crippen LogP contribution is 2.42. The highest BCUT2D eigenvalue weighted by atomic mass is 19.4. The third-order valence-corrected chi connectivity index (χ3v) is 8.93. The summed E-state index contributed by atoms with van der Waals surface area (Å²) in [5.74, 6) is -0.000326. The van der Waals surface area contributed by atoms with E-state index in [1.807, 2.05) is 4.90 Å². The first kappa shape index (κ1) is 27.4. The number of hydrogen-bond donors (Lipinski definition) is 2. The van der Waals surface area contributed by atoms with Gasteiger partial charge >= 0.3 is 6.18 Å². The Morgan fingerprint density at radius 3 is 2.63 bits per heavy atom. The SMILES string of the molecule is CCC1(N2CCN(C)CC2)CC(Nc2ncc(C(F)(F)F)c(NCCCN3C(=O)C4CCC3COC4)n2)C1. The Hall–Kier alpha value is -2.18. The smallest absolute Gasteiger partial charge is 0.378 e. The van der Waals surface area contributed by atoms with Crippen molar-refractivity contribution in [3.05, 3.63) is 11.8 Å². The Balaban J connectivity index is 1.17. The summed E-state index contributed by atoms with van der Waals surface area (Å²) in [5, 5.41) is 6.15. The molecule has 1 amide bonds. The first-order valence-electron chi connectivity index (χ1n) is 13.9. The second kappa shape index (κ2) is 11.1. The van der Waals surface area contributed by atoms with Gasteiger partial charge in [0.15, 0.2) is 0 Å². The number of aromatic nitrogens is 2. The Labute approximate surface area is 222 Å². The quantitative estimate of drug-likeness (QED) is 0.464. The number of anilines is 2. The normalized spacial score (nSPS) is 30.7. The van der Waals surface area contributed by atoms with E-state index in [2.05, 4.69) is 44.4 Å². The van der Waals surface area contributed by atoms with Crippen molar-refractivity contribution in [1.29, 1.82) is 0 Å². The molecule has 2 N–H and O–H groups in total. The van der Waals surface area contributed by atoms with Crippen LogP contribution in [-0.2, 0) is 15.7 Å². The van der Waals surface area contributed by atoms with E-state index in [1.54, 1.807) is 0 Å². The van der Waals surface area contributed by atoms with Crippen LogP contribution in [0.15, 0.2) is 6.20 Å². The van der Waals surface area contributed by atoms with Gasteiger partial charge in [0, 0.05) is 57.0 Å². The molecule has 2 atom stereocenters. The minimum atomic E-state index is -4.56. The van der Waals surface area contributed by atoms with Crippen LogP contribution in [0.1, 0.15) is 51.0 Å². The number of alkyl halides is 3. The highest BCUT2D eigenvalue weighted by Gasteiger charge is 2.48. The lowest BCUT2D eigenvalue weighted by Crippen LogP contribution is -2.64. The fourth-order valence-corrected chi connectivity index (χ4v) is 6.50. The zero-order valence-electron chi connectivity index (χ0n) is 22.4. The molecule has 0 aromatic carbocycles. The first-order valence-corrected chi connectivity index (χ1v) is 13.9.